The molecule has 0 saturated carbocycles. The Kier molecular flexibility index (Phi) is 5.91. The normalized spacial score (nSPS) is 13.2. The summed E-state index contributed by atoms with van der Waals surface area (Å²) in [5.74, 6) is -0.495. The molecular formula is C12H17ClN2O4S. The minimum absolute atomic E-state index is 0.0461. The summed E-state index contributed by atoms with van der Waals surface area (Å²) in [7, 11) is -2.64. The highest BCUT2D eigenvalue weighted by molar-refractivity contribution is 7.89. The summed E-state index contributed by atoms with van der Waals surface area (Å²) >= 11 is 5.67. The second kappa shape index (κ2) is 7.01. The van der Waals surface area contributed by atoms with Crippen molar-refractivity contribution in [2.24, 2.45) is 5.92 Å². The first-order chi connectivity index (χ1) is 9.26. The number of hydrogen-bond acceptors (Lipinski definition) is 5. The number of nitrogens with zero attached hydrogens (tertiary/aromatic N) is 1. The number of halogens is 1. The molecule has 1 heterocycles. The molecule has 0 bridgehead atoms. The van der Waals surface area contributed by atoms with Crippen molar-refractivity contribution in [3.05, 3.63) is 23.5 Å². The number of carbonyl (C=O) groups excluding carboxylic acids is 1. The smallest absolute Gasteiger partial charge is 0.323 e. The number of pyridine rings is 1. The number of carbonyl (C=O) groups is 1. The van der Waals surface area contributed by atoms with Crippen LogP contribution in [0.1, 0.15) is 20.3 Å². The molecule has 1 atom stereocenters. The van der Waals surface area contributed by atoms with Crippen molar-refractivity contribution >= 4 is 27.6 Å². The van der Waals surface area contributed by atoms with Gasteiger partial charge in [0.2, 0.25) is 10.0 Å². The zero-order valence-electron chi connectivity index (χ0n) is 11.5. The summed E-state index contributed by atoms with van der Waals surface area (Å²) in [4.78, 5) is 15.3. The van der Waals surface area contributed by atoms with Gasteiger partial charge in [-0.15, -0.1) is 0 Å². The van der Waals surface area contributed by atoms with E-state index >= 15 is 0 Å². The highest BCUT2D eigenvalue weighted by atomic mass is 35.5. The van der Waals surface area contributed by atoms with Gasteiger partial charge in [0.15, 0.2) is 0 Å². The van der Waals surface area contributed by atoms with E-state index in [0.29, 0.717) is 6.42 Å². The molecule has 1 unspecified atom stereocenters. The van der Waals surface area contributed by atoms with Crippen LogP contribution in [-0.2, 0) is 19.6 Å². The predicted molar refractivity (Wildman–Crippen MR) is 74.8 cm³/mol. The van der Waals surface area contributed by atoms with Gasteiger partial charge < -0.3 is 4.74 Å². The van der Waals surface area contributed by atoms with E-state index in [1.165, 1.54) is 25.4 Å². The zero-order valence-corrected chi connectivity index (χ0v) is 13.0. The standard InChI is InChI=1S/C12H17ClN2O4S/c1-8(2)6-10(12(16)19-3)15-20(17,18)9-4-5-14-11(13)7-9/h4-5,7-8,10,15H,6H2,1-3H3. The molecule has 0 aliphatic rings. The highest BCUT2D eigenvalue weighted by Gasteiger charge is 2.27. The summed E-state index contributed by atoms with van der Waals surface area (Å²) in [5.41, 5.74) is 0. The van der Waals surface area contributed by atoms with Crippen molar-refractivity contribution in [2.75, 3.05) is 7.11 Å². The fourth-order valence-electron chi connectivity index (χ4n) is 1.61. The Bertz CT molecular complexity index is 575. The third kappa shape index (κ3) is 4.73. The van der Waals surface area contributed by atoms with E-state index in [-0.39, 0.29) is 16.0 Å². The molecule has 6 nitrogen and oxygen atoms in total. The minimum Gasteiger partial charge on any atom is -0.468 e. The van der Waals surface area contributed by atoms with Crippen LogP contribution >= 0.6 is 11.6 Å². The third-order valence-corrected chi connectivity index (χ3v) is 4.17. The van der Waals surface area contributed by atoms with Crippen LogP contribution < -0.4 is 4.72 Å². The van der Waals surface area contributed by atoms with E-state index in [2.05, 4.69) is 14.4 Å². The maximum atomic E-state index is 12.2. The van der Waals surface area contributed by atoms with Crippen molar-refractivity contribution in [2.45, 2.75) is 31.2 Å². The molecule has 0 saturated heterocycles. The lowest BCUT2D eigenvalue weighted by Gasteiger charge is -2.18. The predicted octanol–water partition coefficient (Wildman–Crippen LogP) is 1.60. The average Bonchev–Trinajstić information content (AvgIpc) is 2.36. The summed E-state index contributed by atoms with van der Waals surface area (Å²) in [6, 6.07) is 1.59. The van der Waals surface area contributed by atoms with Gasteiger partial charge in [-0.2, -0.15) is 4.72 Å². The van der Waals surface area contributed by atoms with Crippen LogP contribution in [0.3, 0.4) is 0 Å². The number of hydrogen-bond donors (Lipinski definition) is 1. The zero-order chi connectivity index (χ0) is 15.3. The van der Waals surface area contributed by atoms with Crippen LogP contribution in [0.25, 0.3) is 0 Å². The van der Waals surface area contributed by atoms with Gasteiger partial charge in [-0.25, -0.2) is 13.4 Å². The Labute approximate surface area is 123 Å². The second-order valence-corrected chi connectivity index (χ2v) is 6.74. The Hall–Kier alpha value is -1.18. The maximum absolute atomic E-state index is 12.2. The molecule has 1 aromatic heterocycles. The number of sulfonamides is 1. The molecule has 1 N–H and O–H groups in total. The average molecular weight is 321 g/mol. The van der Waals surface area contributed by atoms with Crippen molar-refractivity contribution in [3.63, 3.8) is 0 Å². The molecule has 20 heavy (non-hydrogen) atoms. The number of nitrogens with one attached hydrogen (secondary N) is 1. The number of ether oxygens (including phenoxy) is 1. The van der Waals surface area contributed by atoms with Gasteiger partial charge >= 0.3 is 5.97 Å². The fourth-order valence-corrected chi connectivity index (χ4v) is 3.06. The molecule has 0 aliphatic carbocycles. The van der Waals surface area contributed by atoms with Crippen LogP contribution in [0.2, 0.25) is 5.15 Å². The molecule has 0 radical (unpaired) electrons. The lowest BCUT2D eigenvalue weighted by molar-refractivity contribution is -0.143. The molecule has 0 aliphatic heterocycles. The molecule has 0 aromatic carbocycles. The van der Waals surface area contributed by atoms with Crippen molar-refractivity contribution < 1.29 is 17.9 Å². The molecule has 0 amide bonds. The number of esters is 1. The molecule has 8 heteroatoms. The topological polar surface area (TPSA) is 85.4 Å². The quantitative estimate of drug-likeness (QED) is 0.635. The lowest BCUT2D eigenvalue weighted by Crippen LogP contribution is -2.42. The molecule has 1 aromatic rings. The molecule has 112 valence electrons. The molecular weight excluding hydrogens is 304 g/mol. The summed E-state index contributed by atoms with van der Waals surface area (Å²) in [5, 5.41) is 0.0614. The first-order valence-corrected chi connectivity index (χ1v) is 7.84. The van der Waals surface area contributed by atoms with Gasteiger partial charge in [0.25, 0.3) is 0 Å². The van der Waals surface area contributed by atoms with E-state index < -0.39 is 22.0 Å². The van der Waals surface area contributed by atoms with Crippen molar-refractivity contribution in [1.82, 2.24) is 9.71 Å². The van der Waals surface area contributed by atoms with Gasteiger partial charge in [-0.3, -0.25) is 4.79 Å². The van der Waals surface area contributed by atoms with Gasteiger partial charge in [-0.1, -0.05) is 25.4 Å². The van der Waals surface area contributed by atoms with Gasteiger partial charge in [-0.05, 0) is 24.5 Å². The fraction of sp³-hybridized carbons (Fsp3) is 0.500. The van der Waals surface area contributed by atoms with Crippen LogP contribution in [0, 0.1) is 5.92 Å². The summed E-state index contributed by atoms with van der Waals surface area (Å²) in [6.07, 6.45) is 1.62. The first kappa shape index (κ1) is 16.9. The van der Waals surface area contributed by atoms with Gasteiger partial charge in [0.1, 0.15) is 11.2 Å². The lowest BCUT2D eigenvalue weighted by atomic mass is 10.1. The van der Waals surface area contributed by atoms with E-state index in [1.807, 2.05) is 13.8 Å². The van der Waals surface area contributed by atoms with Crippen molar-refractivity contribution in [3.8, 4) is 0 Å². The van der Waals surface area contributed by atoms with Crippen LogP contribution in [0.15, 0.2) is 23.2 Å². The summed E-state index contributed by atoms with van der Waals surface area (Å²) < 4.78 is 31.3. The Morgan fingerprint density at radius 2 is 2.15 bits per heavy atom. The third-order valence-electron chi connectivity index (χ3n) is 2.50. The largest absolute Gasteiger partial charge is 0.468 e. The molecule has 1 rings (SSSR count). The van der Waals surface area contributed by atoms with Crippen LogP contribution in [-0.4, -0.2) is 32.5 Å². The number of rotatable bonds is 6. The highest BCUT2D eigenvalue weighted by Crippen LogP contribution is 2.15. The number of aromatic nitrogens is 1. The SMILES string of the molecule is COC(=O)C(CC(C)C)NS(=O)(=O)c1ccnc(Cl)c1. The Balaban J connectivity index is 2.99. The molecule has 0 spiro atoms. The summed E-state index contributed by atoms with van der Waals surface area (Å²) in [6.45, 7) is 3.76. The van der Waals surface area contributed by atoms with E-state index in [1.54, 1.807) is 0 Å². The first-order valence-electron chi connectivity index (χ1n) is 5.98. The van der Waals surface area contributed by atoms with Crippen LogP contribution in [0.4, 0.5) is 0 Å². The van der Waals surface area contributed by atoms with Gasteiger partial charge in [0.05, 0.1) is 12.0 Å². The van der Waals surface area contributed by atoms with Gasteiger partial charge in [0, 0.05) is 6.20 Å². The molecule has 0 fully saturated rings. The van der Waals surface area contributed by atoms with Crippen LogP contribution in [0.5, 0.6) is 0 Å². The van der Waals surface area contributed by atoms with Crippen molar-refractivity contribution in [1.29, 1.82) is 0 Å². The maximum Gasteiger partial charge on any atom is 0.323 e. The monoisotopic (exact) mass is 320 g/mol. The minimum atomic E-state index is -3.86. The van der Waals surface area contributed by atoms with E-state index in [0.717, 1.165) is 0 Å². The van der Waals surface area contributed by atoms with E-state index in [4.69, 9.17) is 11.6 Å². The van der Waals surface area contributed by atoms with E-state index in [9.17, 15) is 13.2 Å². The number of methoxy groups -OCH3 is 1. The second-order valence-electron chi connectivity index (χ2n) is 4.64. The Morgan fingerprint density at radius 3 is 2.65 bits per heavy atom. The Morgan fingerprint density at radius 1 is 1.50 bits per heavy atom.